The predicted octanol–water partition coefficient (Wildman–Crippen LogP) is 2.96. The Hall–Kier alpha value is -0.250. The topological polar surface area (TPSA) is 32.3 Å². The Morgan fingerprint density at radius 2 is 2.33 bits per heavy atom. The largest absolute Gasteiger partial charge is 0.508 e. The van der Waals surface area contributed by atoms with Gasteiger partial charge >= 0.3 is 0 Å². The molecule has 1 aliphatic heterocycles. The van der Waals surface area contributed by atoms with Crippen LogP contribution in [-0.2, 0) is 6.42 Å². The Labute approximate surface area is 103 Å². The van der Waals surface area contributed by atoms with Crippen molar-refractivity contribution < 1.29 is 5.11 Å². The minimum atomic E-state index is 0.332. The van der Waals surface area contributed by atoms with Crippen LogP contribution in [0.15, 0.2) is 16.6 Å². The first kappa shape index (κ1) is 11.2. The van der Waals surface area contributed by atoms with Crippen LogP contribution in [-0.4, -0.2) is 18.2 Å². The van der Waals surface area contributed by atoms with E-state index >= 15 is 0 Å². The van der Waals surface area contributed by atoms with E-state index in [0.717, 1.165) is 29.5 Å². The summed E-state index contributed by atoms with van der Waals surface area (Å²) in [5, 5.41) is 13.7. The molecule has 0 amide bonds. The third-order valence-electron chi connectivity index (χ3n) is 2.79. The average molecular weight is 291 g/mol. The smallest absolute Gasteiger partial charge is 0.120 e. The molecule has 1 aromatic carbocycles. The summed E-state index contributed by atoms with van der Waals surface area (Å²) in [6.45, 7) is 2.11. The zero-order chi connectivity index (χ0) is 10.8. The molecule has 0 radical (unpaired) electrons. The molecule has 2 N–H and O–H groups in total. The molecule has 0 bridgehead atoms. The van der Waals surface area contributed by atoms with E-state index in [9.17, 15) is 5.11 Å². The van der Waals surface area contributed by atoms with E-state index in [0.29, 0.717) is 16.7 Å². The number of hydrogen-bond donors (Lipinski definition) is 2. The number of benzene rings is 1. The number of halogens is 2. The fourth-order valence-electron chi connectivity index (χ4n) is 1.94. The Bertz CT molecular complexity index is 364. The van der Waals surface area contributed by atoms with Gasteiger partial charge in [-0.3, -0.25) is 0 Å². The van der Waals surface area contributed by atoms with Crippen molar-refractivity contribution in [1.29, 1.82) is 0 Å². The van der Waals surface area contributed by atoms with Crippen LogP contribution < -0.4 is 5.32 Å². The second-order valence-corrected chi connectivity index (χ2v) is 5.22. The monoisotopic (exact) mass is 289 g/mol. The van der Waals surface area contributed by atoms with Crippen LogP contribution in [0.5, 0.6) is 5.75 Å². The summed E-state index contributed by atoms with van der Waals surface area (Å²) in [4.78, 5) is 0. The summed E-state index contributed by atoms with van der Waals surface area (Å²) in [7, 11) is 0. The Balaban J connectivity index is 2.16. The first-order valence-corrected chi connectivity index (χ1v) is 6.21. The molecule has 2 nitrogen and oxygen atoms in total. The molecule has 0 aromatic heterocycles. The highest BCUT2D eigenvalue weighted by molar-refractivity contribution is 9.10. The van der Waals surface area contributed by atoms with Crippen LogP contribution in [0, 0.1) is 5.92 Å². The third-order valence-corrected chi connectivity index (χ3v) is 3.99. The molecule has 0 aliphatic carbocycles. The minimum Gasteiger partial charge on any atom is -0.508 e. The molecule has 82 valence electrons. The van der Waals surface area contributed by atoms with Gasteiger partial charge in [0.15, 0.2) is 0 Å². The van der Waals surface area contributed by atoms with Crippen LogP contribution in [0.1, 0.15) is 12.0 Å². The van der Waals surface area contributed by atoms with E-state index in [1.54, 1.807) is 6.07 Å². The molecule has 15 heavy (non-hydrogen) atoms. The van der Waals surface area contributed by atoms with Crippen LogP contribution in [0.2, 0.25) is 5.02 Å². The van der Waals surface area contributed by atoms with Gasteiger partial charge in [-0.2, -0.15) is 0 Å². The molecule has 1 atom stereocenters. The predicted molar refractivity (Wildman–Crippen MR) is 65.5 cm³/mol. The zero-order valence-electron chi connectivity index (χ0n) is 8.26. The van der Waals surface area contributed by atoms with E-state index in [2.05, 4.69) is 21.2 Å². The Morgan fingerprint density at radius 1 is 1.53 bits per heavy atom. The van der Waals surface area contributed by atoms with Crippen LogP contribution in [0.4, 0.5) is 0 Å². The lowest BCUT2D eigenvalue weighted by molar-refractivity contribution is 0.459. The van der Waals surface area contributed by atoms with E-state index in [-0.39, 0.29) is 0 Å². The Morgan fingerprint density at radius 3 is 3.00 bits per heavy atom. The fraction of sp³-hybridized carbons (Fsp3) is 0.455. The van der Waals surface area contributed by atoms with Gasteiger partial charge in [-0.05, 0) is 65.5 Å². The van der Waals surface area contributed by atoms with Crippen LogP contribution in [0.25, 0.3) is 0 Å². The molecule has 1 unspecified atom stereocenters. The SMILES string of the molecule is Oc1cc(Br)c(Cl)cc1CC1CCNC1. The maximum Gasteiger partial charge on any atom is 0.120 e. The molecule has 1 aromatic rings. The molecular weight excluding hydrogens is 277 g/mol. The first-order chi connectivity index (χ1) is 7.16. The number of aromatic hydroxyl groups is 1. The van der Waals surface area contributed by atoms with Crippen molar-refractivity contribution in [3.8, 4) is 5.75 Å². The van der Waals surface area contributed by atoms with Crippen molar-refractivity contribution in [3.05, 3.63) is 27.2 Å². The summed E-state index contributed by atoms with van der Waals surface area (Å²) in [5.41, 5.74) is 0.942. The van der Waals surface area contributed by atoms with Gasteiger partial charge in [0, 0.05) is 4.47 Å². The molecule has 1 fully saturated rings. The van der Waals surface area contributed by atoms with Crippen molar-refractivity contribution in [2.24, 2.45) is 5.92 Å². The number of phenolic OH excluding ortho intramolecular Hbond substituents is 1. The lowest BCUT2D eigenvalue weighted by Gasteiger charge is -2.11. The molecular formula is C11H13BrClNO. The van der Waals surface area contributed by atoms with Crippen LogP contribution in [0.3, 0.4) is 0 Å². The summed E-state index contributed by atoms with van der Waals surface area (Å²) < 4.78 is 0.745. The van der Waals surface area contributed by atoms with Crippen molar-refractivity contribution in [1.82, 2.24) is 5.32 Å². The first-order valence-electron chi connectivity index (χ1n) is 5.04. The molecule has 1 heterocycles. The van der Waals surface area contributed by atoms with Gasteiger partial charge in [0.05, 0.1) is 5.02 Å². The maximum atomic E-state index is 9.77. The average Bonchev–Trinajstić information content (AvgIpc) is 2.67. The minimum absolute atomic E-state index is 0.332. The zero-order valence-corrected chi connectivity index (χ0v) is 10.6. The number of nitrogens with one attached hydrogen (secondary N) is 1. The number of hydrogen-bond acceptors (Lipinski definition) is 2. The van der Waals surface area contributed by atoms with E-state index in [1.165, 1.54) is 6.42 Å². The van der Waals surface area contributed by atoms with Crippen molar-refractivity contribution >= 4 is 27.5 Å². The molecule has 1 aliphatic rings. The van der Waals surface area contributed by atoms with Gasteiger partial charge < -0.3 is 10.4 Å². The van der Waals surface area contributed by atoms with Gasteiger partial charge in [-0.25, -0.2) is 0 Å². The third kappa shape index (κ3) is 2.65. The maximum absolute atomic E-state index is 9.77. The van der Waals surface area contributed by atoms with Gasteiger partial charge in [-0.1, -0.05) is 11.6 Å². The lowest BCUT2D eigenvalue weighted by atomic mass is 9.98. The highest BCUT2D eigenvalue weighted by atomic mass is 79.9. The Kier molecular flexibility index (Phi) is 3.54. The number of phenols is 1. The van der Waals surface area contributed by atoms with Crippen molar-refractivity contribution in [2.75, 3.05) is 13.1 Å². The fourth-order valence-corrected chi connectivity index (χ4v) is 2.46. The van der Waals surface area contributed by atoms with E-state index in [4.69, 9.17) is 11.6 Å². The molecule has 0 spiro atoms. The highest BCUT2D eigenvalue weighted by Gasteiger charge is 2.17. The van der Waals surface area contributed by atoms with Crippen LogP contribution >= 0.6 is 27.5 Å². The summed E-state index contributed by atoms with van der Waals surface area (Å²) in [6.07, 6.45) is 2.07. The second-order valence-electron chi connectivity index (χ2n) is 3.96. The number of rotatable bonds is 2. The normalized spacial score (nSPS) is 20.8. The van der Waals surface area contributed by atoms with E-state index < -0.39 is 0 Å². The van der Waals surface area contributed by atoms with Crippen molar-refractivity contribution in [3.63, 3.8) is 0 Å². The molecule has 2 rings (SSSR count). The summed E-state index contributed by atoms with van der Waals surface area (Å²) in [6, 6.07) is 3.51. The molecule has 4 heteroatoms. The van der Waals surface area contributed by atoms with Gasteiger partial charge in [0.25, 0.3) is 0 Å². The molecule has 0 saturated carbocycles. The second kappa shape index (κ2) is 4.73. The highest BCUT2D eigenvalue weighted by Crippen LogP contribution is 2.32. The summed E-state index contributed by atoms with van der Waals surface area (Å²) in [5.74, 6) is 0.950. The van der Waals surface area contributed by atoms with Gasteiger partial charge in [0.2, 0.25) is 0 Å². The molecule has 1 saturated heterocycles. The standard InChI is InChI=1S/C11H13BrClNO/c12-9-5-11(15)8(4-10(9)13)3-7-1-2-14-6-7/h4-5,7,14-15H,1-3,6H2. The van der Waals surface area contributed by atoms with Crippen molar-refractivity contribution in [2.45, 2.75) is 12.8 Å². The van der Waals surface area contributed by atoms with E-state index in [1.807, 2.05) is 6.07 Å². The quantitative estimate of drug-likeness (QED) is 0.878. The lowest BCUT2D eigenvalue weighted by Crippen LogP contribution is -2.10. The van der Waals surface area contributed by atoms with Gasteiger partial charge in [-0.15, -0.1) is 0 Å². The van der Waals surface area contributed by atoms with Gasteiger partial charge in [0.1, 0.15) is 5.75 Å². The summed E-state index contributed by atoms with van der Waals surface area (Å²) >= 11 is 9.29.